The number of carbonyl (C=O) groups excluding carboxylic acids is 1. The molecule has 0 aromatic heterocycles. The lowest BCUT2D eigenvalue weighted by Crippen LogP contribution is -2.54. The van der Waals surface area contributed by atoms with Crippen LogP contribution < -0.4 is 0 Å². The zero-order valence-electron chi connectivity index (χ0n) is 14.5. The van der Waals surface area contributed by atoms with Crippen LogP contribution >= 0.6 is 0 Å². The number of aliphatic hydroxyl groups excluding tert-OH is 1. The van der Waals surface area contributed by atoms with Gasteiger partial charge in [0.05, 0.1) is 0 Å². The van der Waals surface area contributed by atoms with Gasteiger partial charge in [-0.25, -0.2) is 8.78 Å². The first-order valence-electron chi connectivity index (χ1n) is 9.06. The summed E-state index contributed by atoms with van der Waals surface area (Å²) >= 11 is 0. The summed E-state index contributed by atoms with van der Waals surface area (Å²) in [5.74, 6) is -0.913. The summed E-state index contributed by atoms with van der Waals surface area (Å²) in [7, 11) is 0. The van der Waals surface area contributed by atoms with Gasteiger partial charge in [-0.3, -0.25) is 9.69 Å². The number of hydrogen-bond acceptors (Lipinski definition) is 3. The number of carbonyl (C=O) groups is 1. The Balaban J connectivity index is 1.66. The number of halogens is 2. The molecule has 1 spiro atoms. The van der Waals surface area contributed by atoms with E-state index in [4.69, 9.17) is 5.11 Å². The first-order valence-corrected chi connectivity index (χ1v) is 9.06. The van der Waals surface area contributed by atoms with E-state index in [9.17, 15) is 13.6 Å². The number of benzene rings is 1. The van der Waals surface area contributed by atoms with E-state index in [1.165, 1.54) is 12.1 Å². The monoisotopic (exact) mass is 352 g/mol. The van der Waals surface area contributed by atoms with E-state index < -0.39 is 11.6 Å². The van der Waals surface area contributed by atoms with Crippen molar-refractivity contribution in [3.8, 4) is 0 Å². The minimum Gasteiger partial charge on any atom is -0.396 e. The first kappa shape index (κ1) is 18.3. The second-order valence-corrected chi connectivity index (χ2v) is 7.48. The van der Waals surface area contributed by atoms with Crippen LogP contribution in [0.2, 0.25) is 0 Å². The molecule has 1 aromatic rings. The number of nitrogens with zero attached hydrogens (tertiary/aromatic N) is 2. The van der Waals surface area contributed by atoms with E-state index in [0.29, 0.717) is 31.5 Å². The summed E-state index contributed by atoms with van der Waals surface area (Å²) in [4.78, 5) is 16.2. The SMILES string of the molecule is O=C1CC[C@]2(CCCN(Cc3cc(F)cc(F)c3)C2)CN1CCCO. The predicted octanol–water partition coefficient (Wildman–Crippen LogP) is 2.55. The highest BCUT2D eigenvalue weighted by atomic mass is 19.1. The zero-order chi connectivity index (χ0) is 17.9. The van der Waals surface area contributed by atoms with Gasteiger partial charge in [0.1, 0.15) is 11.6 Å². The molecule has 4 nitrogen and oxygen atoms in total. The molecule has 0 aliphatic carbocycles. The lowest BCUT2D eigenvalue weighted by molar-refractivity contribution is -0.139. The fourth-order valence-electron chi connectivity index (χ4n) is 4.31. The molecule has 1 aromatic carbocycles. The fourth-order valence-corrected chi connectivity index (χ4v) is 4.31. The molecule has 2 fully saturated rings. The van der Waals surface area contributed by atoms with Crippen LogP contribution in [0.5, 0.6) is 0 Å². The number of aliphatic hydroxyl groups is 1. The van der Waals surface area contributed by atoms with Gasteiger partial charge < -0.3 is 10.0 Å². The van der Waals surface area contributed by atoms with Gasteiger partial charge in [-0.1, -0.05) is 0 Å². The Morgan fingerprint density at radius 2 is 1.88 bits per heavy atom. The number of amides is 1. The van der Waals surface area contributed by atoms with Crippen molar-refractivity contribution in [2.75, 3.05) is 32.8 Å². The molecular formula is C19H26F2N2O2. The van der Waals surface area contributed by atoms with Crippen molar-refractivity contribution in [3.63, 3.8) is 0 Å². The number of piperidine rings is 2. The van der Waals surface area contributed by atoms with Crippen molar-refractivity contribution < 1.29 is 18.7 Å². The third-order valence-corrected chi connectivity index (χ3v) is 5.40. The van der Waals surface area contributed by atoms with Crippen LogP contribution in [-0.2, 0) is 11.3 Å². The van der Waals surface area contributed by atoms with Gasteiger partial charge >= 0.3 is 0 Å². The predicted molar refractivity (Wildman–Crippen MR) is 90.8 cm³/mol. The molecule has 1 amide bonds. The Morgan fingerprint density at radius 1 is 1.12 bits per heavy atom. The first-order chi connectivity index (χ1) is 12.0. The largest absolute Gasteiger partial charge is 0.396 e. The molecule has 0 unspecified atom stereocenters. The van der Waals surface area contributed by atoms with E-state index in [1.54, 1.807) is 0 Å². The summed E-state index contributed by atoms with van der Waals surface area (Å²) < 4.78 is 26.8. The highest BCUT2D eigenvalue weighted by molar-refractivity contribution is 5.77. The quantitative estimate of drug-likeness (QED) is 0.886. The van der Waals surface area contributed by atoms with Crippen LogP contribution in [0.15, 0.2) is 18.2 Å². The Hall–Kier alpha value is -1.53. The van der Waals surface area contributed by atoms with Crippen LogP contribution in [0.1, 0.15) is 37.7 Å². The molecule has 1 N–H and O–H groups in total. The summed E-state index contributed by atoms with van der Waals surface area (Å²) in [5.41, 5.74) is 0.714. The molecule has 0 radical (unpaired) electrons. The van der Waals surface area contributed by atoms with Crippen molar-refractivity contribution in [2.45, 2.75) is 38.6 Å². The highest BCUT2D eigenvalue weighted by Gasteiger charge is 2.41. The smallest absolute Gasteiger partial charge is 0.222 e. The maximum absolute atomic E-state index is 13.4. The van der Waals surface area contributed by atoms with E-state index in [0.717, 1.165) is 45.0 Å². The molecule has 2 aliphatic heterocycles. The highest BCUT2D eigenvalue weighted by Crippen LogP contribution is 2.39. The fraction of sp³-hybridized carbons (Fsp3) is 0.632. The van der Waals surface area contributed by atoms with Crippen molar-refractivity contribution in [2.24, 2.45) is 5.41 Å². The Labute approximate surface area is 147 Å². The average Bonchev–Trinajstić information content (AvgIpc) is 2.55. The molecule has 25 heavy (non-hydrogen) atoms. The Bertz CT molecular complexity index is 605. The summed E-state index contributed by atoms with van der Waals surface area (Å²) in [6.45, 7) is 3.69. The molecule has 0 saturated carbocycles. The van der Waals surface area contributed by atoms with Crippen LogP contribution in [-0.4, -0.2) is 53.6 Å². The minimum atomic E-state index is -0.542. The molecule has 2 aliphatic rings. The maximum atomic E-state index is 13.4. The molecule has 2 saturated heterocycles. The minimum absolute atomic E-state index is 0.0630. The zero-order valence-corrected chi connectivity index (χ0v) is 14.5. The van der Waals surface area contributed by atoms with Gasteiger partial charge in [0.15, 0.2) is 0 Å². The van der Waals surface area contributed by atoms with E-state index in [1.807, 2.05) is 4.90 Å². The van der Waals surface area contributed by atoms with Crippen molar-refractivity contribution in [1.82, 2.24) is 9.80 Å². The molecule has 138 valence electrons. The molecule has 6 heteroatoms. The van der Waals surface area contributed by atoms with E-state index >= 15 is 0 Å². The molecule has 2 heterocycles. The van der Waals surface area contributed by atoms with Gasteiger partial charge in [-0.15, -0.1) is 0 Å². The van der Waals surface area contributed by atoms with Crippen molar-refractivity contribution >= 4 is 5.91 Å². The summed E-state index contributed by atoms with van der Waals surface area (Å²) in [6.07, 6.45) is 4.13. The van der Waals surface area contributed by atoms with Crippen LogP contribution in [0.4, 0.5) is 8.78 Å². The lowest BCUT2D eigenvalue weighted by Gasteiger charge is -2.48. The Kier molecular flexibility index (Phi) is 5.69. The lowest BCUT2D eigenvalue weighted by atomic mass is 9.73. The van der Waals surface area contributed by atoms with Crippen LogP contribution in [0.25, 0.3) is 0 Å². The molecular weight excluding hydrogens is 326 g/mol. The second-order valence-electron chi connectivity index (χ2n) is 7.48. The number of likely N-dealkylation sites (tertiary alicyclic amines) is 2. The normalized spacial score (nSPS) is 24.9. The van der Waals surface area contributed by atoms with E-state index in [-0.39, 0.29) is 17.9 Å². The standard InChI is InChI=1S/C19H26F2N2O2/c20-16-9-15(10-17(21)11-16)12-22-6-1-4-19(13-22)5-3-18(25)23(14-19)7-2-8-24/h9-11,24H,1-8,12-14H2/t19-/m0/s1. The third-order valence-electron chi connectivity index (χ3n) is 5.40. The van der Waals surface area contributed by atoms with E-state index in [2.05, 4.69) is 4.90 Å². The van der Waals surface area contributed by atoms with Crippen LogP contribution in [0, 0.1) is 17.0 Å². The number of hydrogen-bond donors (Lipinski definition) is 1. The topological polar surface area (TPSA) is 43.8 Å². The molecule has 1 atom stereocenters. The second kappa shape index (κ2) is 7.79. The number of rotatable bonds is 5. The van der Waals surface area contributed by atoms with Gasteiger partial charge in [-0.2, -0.15) is 0 Å². The third kappa shape index (κ3) is 4.55. The van der Waals surface area contributed by atoms with Gasteiger partial charge in [0.2, 0.25) is 5.91 Å². The molecule has 0 bridgehead atoms. The van der Waals surface area contributed by atoms with Crippen molar-refractivity contribution in [1.29, 1.82) is 0 Å². The summed E-state index contributed by atoms with van der Waals surface area (Å²) in [5, 5.41) is 9.03. The van der Waals surface area contributed by atoms with Crippen molar-refractivity contribution in [3.05, 3.63) is 35.4 Å². The van der Waals surface area contributed by atoms with Crippen LogP contribution in [0.3, 0.4) is 0 Å². The van der Waals surface area contributed by atoms with Gasteiger partial charge in [-0.05, 0) is 49.9 Å². The summed E-state index contributed by atoms with van der Waals surface area (Å²) in [6, 6.07) is 3.68. The Morgan fingerprint density at radius 3 is 2.60 bits per heavy atom. The molecule has 3 rings (SSSR count). The maximum Gasteiger partial charge on any atom is 0.222 e. The van der Waals surface area contributed by atoms with Gasteiger partial charge in [0.25, 0.3) is 0 Å². The average molecular weight is 352 g/mol. The van der Waals surface area contributed by atoms with Gasteiger partial charge in [0, 0.05) is 50.7 Å².